The van der Waals surface area contributed by atoms with Crippen LogP contribution in [0.15, 0.2) is 54.7 Å². The summed E-state index contributed by atoms with van der Waals surface area (Å²) < 4.78 is 2.20. The molecule has 1 aromatic carbocycles. The molecule has 0 spiro atoms. The zero-order valence-corrected chi connectivity index (χ0v) is 13.9. The topological polar surface area (TPSA) is 21.5 Å². The average molecular weight is 305 g/mol. The lowest BCUT2D eigenvalue weighted by Crippen LogP contribution is -2.02. The molecule has 0 radical (unpaired) electrons. The first-order chi connectivity index (χ1) is 11.2. The lowest BCUT2D eigenvalue weighted by molar-refractivity contribution is 0.104. The van der Waals surface area contributed by atoms with Gasteiger partial charge in [-0.3, -0.25) is 4.79 Å². The normalized spacial score (nSPS) is 11.0. The van der Waals surface area contributed by atoms with Gasteiger partial charge in [0.15, 0.2) is 5.78 Å². The summed E-state index contributed by atoms with van der Waals surface area (Å²) in [5, 5.41) is 0. The van der Waals surface area contributed by atoms with Crippen molar-refractivity contribution in [2.45, 2.75) is 39.5 Å². The molecule has 2 heterocycles. The van der Waals surface area contributed by atoms with Crippen molar-refractivity contribution in [3.05, 3.63) is 77.1 Å². The highest BCUT2D eigenvalue weighted by Gasteiger charge is 2.20. The Morgan fingerprint density at radius 1 is 1.00 bits per heavy atom. The first kappa shape index (κ1) is 15.5. The summed E-state index contributed by atoms with van der Waals surface area (Å²) in [6, 6.07) is 15.7. The van der Waals surface area contributed by atoms with E-state index < -0.39 is 0 Å². The second-order valence-electron chi connectivity index (χ2n) is 6.05. The SMILES string of the molecule is CCCCCc1c(C)c(C(=O)c2ccccc2)c2ccccn12. The molecule has 118 valence electrons. The summed E-state index contributed by atoms with van der Waals surface area (Å²) in [5.41, 5.74) is 5.02. The predicted octanol–water partition coefficient (Wildman–Crippen LogP) is 5.21. The summed E-state index contributed by atoms with van der Waals surface area (Å²) in [5.74, 6) is 0.119. The van der Waals surface area contributed by atoms with Crippen LogP contribution in [0.25, 0.3) is 5.52 Å². The Morgan fingerprint density at radius 2 is 1.74 bits per heavy atom. The lowest BCUT2D eigenvalue weighted by atomic mass is 9.99. The van der Waals surface area contributed by atoms with E-state index in [1.54, 1.807) is 0 Å². The highest BCUT2D eigenvalue weighted by molar-refractivity contribution is 6.14. The molecular weight excluding hydrogens is 282 g/mol. The van der Waals surface area contributed by atoms with Crippen LogP contribution in [0, 0.1) is 6.92 Å². The van der Waals surface area contributed by atoms with Crippen LogP contribution in [0.4, 0.5) is 0 Å². The van der Waals surface area contributed by atoms with E-state index in [2.05, 4.69) is 24.4 Å². The van der Waals surface area contributed by atoms with Gasteiger partial charge in [0.05, 0.1) is 11.1 Å². The van der Waals surface area contributed by atoms with Crippen LogP contribution in [0.1, 0.15) is 53.4 Å². The smallest absolute Gasteiger partial charge is 0.195 e. The molecule has 3 rings (SSSR count). The van der Waals surface area contributed by atoms with Crippen molar-refractivity contribution in [1.82, 2.24) is 4.40 Å². The fourth-order valence-electron chi connectivity index (χ4n) is 3.27. The standard InChI is InChI=1S/C21H23NO/c1-3-4-6-13-18-16(2)20(19-14-9-10-15-22(18)19)21(23)17-11-7-5-8-12-17/h5,7-12,14-15H,3-4,6,13H2,1-2H3. The van der Waals surface area contributed by atoms with E-state index in [1.807, 2.05) is 48.5 Å². The van der Waals surface area contributed by atoms with Gasteiger partial charge in [-0.15, -0.1) is 0 Å². The number of ketones is 1. The molecular formula is C21H23NO. The molecule has 2 heteroatoms. The van der Waals surface area contributed by atoms with Gasteiger partial charge in [0, 0.05) is 17.5 Å². The molecule has 0 saturated carbocycles. The summed E-state index contributed by atoms with van der Waals surface area (Å²) in [6.07, 6.45) is 6.69. The fourth-order valence-corrected chi connectivity index (χ4v) is 3.27. The molecule has 2 aromatic heterocycles. The third-order valence-corrected chi connectivity index (χ3v) is 4.49. The number of benzene rings is 1. The van der Waals surface area contributed by atoms with Crippen molar-refractivity contribution in [3.8, 4) is 0 Å². The summed E-state index contributed by atoms with van der Waals surface area (Å²) in [7, 11) is 0. The Kier molecular flexibility index (Phi) is 4.61. The van der Waals surface area contributed by atoms with Crippen molar-refractivity contribution in [2.75, 3.05) is 0 Å². The summed E-state index contributed by atoms with van der Waals surface area (Å²) in [6.45, 7) is 4.30. The van der Waals surface area contributed by atoms with Crippen LogP contribution in [0.2, 0.25) is 0 Å². The Bertz CT molecular complexity index is 814. The van der Waals surface area contributed by atoms with Gasteiger partial charge in [-0.2, -0.15) is 0 Å². The monoisotopic (exact) mass is 305 g/mol. The van der Waals surface area contributed by atoms with Crippen molar-refractivity contribution in [3.63, 3.8) is 0 Å². The first-order valence-corrected chi connectivity index (χ1v) is 8.42. The summed E-state index contributed by atoms with van der Waals surface area (Å²) in [4.78, 5) is 13.0. The van der Waals surface area contributed by atoms with Crippen molar-refractivity contribution in [2.24, 2.45) is 0 Å². The molecule has 0 bridgehead atoms. The molecule has 0 aliphatic heterocycles. The number of hydrogen-bond donors (Lipinski definition) is 0. The highest BCUT2D eigenvalue weighted by atomic mass is 16.1. The number of aryl methyl sites for hydroxylation is 1. The van der Waals surface area contributed by atoms with Gasteiger partial charge in [-0.25, -0.2) is 0 Å². The first-order valence-electron chi connectivity index (χ1n) is 8.42. The van der Waals surface area contributed by atoms with Gasteiger partial charge < -0.3 is 4.40 Å². The number of rotatable bonds is 6. The van der Waals surface area contributed by atoms with Crippen molar-refractivity contribution < 1.29 is 4.79 Å². The lowest BCUT2D eigenvalue weighted by Gasteiger charge is -2.03. The van der Waals surface area contributed by atoms with Gasteiger partial charge in [0.25, 0.3) is 0 Å². The third kappa shape index (κ3) is 2.94. The minimum atomic E-state index is 0.119. The number of aromatic nitrogens is 1. The van der Waals surface area contributed by atoms with E-state index in [-0.39, 0.29) is 5.78 Å². The molecule has 0 saturated heterocycles. The number of hydrogen-bond acceptors (Lipinski definition) is 1. The zero-order valence-electron chi connectivity index (χ0n) is 13.9. The molecule has 0 aliphatic rings. The molecule has 0 atom stereocenters. The Balaban J connectivity index is 2.10. The van der Waals surface area contributed by atoms with Crippen LogP contribution >= 0.6 is 0 Å². The van der Waals surface area contributed by atoms with Gasteiger partial charge in [0.1, 0.15) is 0 Å². The number of unbranched alkanes of at least 4 members (excludes halogenated alkanes) is 2. The number of carbonyl (C=O) groups excluding carboxylic acids is 1. The van der Waals surface area contributed by atoms with Crippen LogP contribution in [-0.4, -0.2) is 10.2 Å². The second-order valence-corrected chi connectivity index (χ2v) is 6.05. The van der Waals surface area contributed by atoms with Gasteiger partial charge in [0.2, 0.25) is 0 Å². The van der Waals surface area contributed by atoms with Crippen LogP contribution < -0.4 is 0 Å². The minimum Gasteiger partial charge on any atom is -0.320 e. The Morgan fingerprint density at radius 3 is 2.48 bits per heavy atom. The van der Waals surface area contributed by atoms with Crippen LogP contribution in [-0.2, 0) is 6.42 Å². The van der Waals surface area contributed by atoms with E-state index in [4.69, 9.17) is 0 Å². The maximum Gasteiger partial charge on any atom is 0.195 e. The number of pyridine rings is 1. The van der Waals surface area contributed by atoms with E-state index in [1.165, 1.54) is 18.5 Å². The quantitative estimate of drug-likeness (QED) is 0.452. The Hall–Kier alpha value is -2.35. The highest BCUT2D eigenvalue weighted by Crippen LogP contribution is 2.27. The van der Waals surface area contributed by atoms with Crippen LogP contribution in [0.3, 0.4) is 0 Å². The van der Waals surface area contributed by atoms with Gasteiger partial charge in [-0.05, 0) is 37.5 Å². The van der Waals surface area contributed by atoms with Crippen molar-refractivity contribution >= 4 is 11.3 Å². The Labute approximate surface area is 137 Å². The van der Waals surface area contributed by atoms with E-state index in [9.17, 15) is 4.79 Å². The van der Waals surface area contributed by atoms with E-state index in [0.717, 1.165) is 35.0 Å². The zero-order chi connectivity index (χ0) is 16.2. The summed E-state index contributed by atoms with van der Waals surface area (Å²) >= 11 is 0. The maximum absolute atomic E-state index is 13.0. The molecule has 3 aromatic rings. The van der Waals surface area contributed by atoms with E-state index >= 15 is 0 Å². The average Bonchev–Trinajstić information content (AvgIpc) is 2.87. The molecule has 0 amide bonds. The number of fused-ring (bicyclic) bond motifs is 1. The molecule has 2 nitrogen and oxygen atoms in total. The van der Waals surface area contributed by atoms with Gasteiger partial charge >= 0.3 is 0 Å². The van der Waals surface area contributed by atoms with Crippen molar-refractivity contribution in [1.29, 1.82) is 0 Å². The number of nitrogens with zero attached hydrogens (tertiary/aromatic N) is 1. The van der Waals surface area contributed by atoms with Gasteiger partial charge in [-0.1, -0.05) is 56.2 Å². The van der Waals surface area contributed by atoms with Crippen LogP contribution in [0.5, 0.6) is 0 Å². The maximum atomic E-state index is 13.0. The fraction of sp³-hybridized carbons (Fsp3) is 0.286. The third-order valence-electron chi connectivity index (χ3n) is 4.49. The largest absolute Gasteiger partial charge is 0.320 e. The minimum absolute atomic E-state index is 0.119. The second kappa shape index (κ2) is 6.82. The number of carbonyl (C=O) groups is 1. The molecule has 0 unspecified atom stereocenters. The molecule has 0 fully saturated rings. The van der Waals surface area contributed by atoms with E-state index in [0.29, 0.717) is 0 Å². The predicted molar refractivity (Wildman–Crippen MR) is 95.2 cm³/mol. The molecule has 0 aliphatic carbocycles. The molecule has 23 heavy (non-hydrogen) atoms. The molecule has 0 N–H and O–H groups in total.